The van der Waals surface area contributed by atoms with Gasteiger partial charge in [-0.05, 0) is 24.1 Å². The molecule has 0 saturated heterocycles. The van der Waals surface area contributed by atoms with Crippen LogP contribution in [0.15, 0.2) is 24.5 Å². The minimum absolute atomic E-state index is 0.200. The zero-order valence-corrected chi connectivity index (χ0v) is 12.7. The van der Waals surface area contributed by atoms with E-state index < -0.39 is 6.09 Å². The lowest BCUT2D eigenvalue weighted by Gasteiger charge is -2.09. The summed E-state index contributed by atoms with van der Waals surface area (Å²) in [5.74, 6) is 0.0942. The first kappa shape index (κ1) is 15.8. The van der Waals surface area contributed by atoms with Crippen LogP contribution in [0.3, 0.4) is 0 Å². The van der Waals surface area contributed by atoms with Crippen LogP contribution in [0.4, 0.5) is 4.79 Å². The number of alkyl carbamates (subject to hydrolysis) is 1. The number of hydrogen-bond acceptors (Lipinski definition) is 4. The van der Waals surface area contributed by atoms with Crippen molar-refractivity contribution in [2.24, 2.45) is 5.92 Å². The molecule has 0 aliphatic rings. The van der Waals surface area contributed by atoms with Crippen LogP contribution in [0.2, 0.25) is 0 Å². The normalized spacial score (nSPS) is 10.7. The monoisotopic (exact) mass is 304 g/mol. The van der Waals surface area contributed by atoms with E-state index in [1.54, 1.807) is 24.5 Å². The van der Waals surface area contributed by atoms with Crippen molar-refractivity contribution in [2.75, 3.05) is 19.7 Å². The predicted octanol–water partition coefficient (Wildman–Crippen LogP) is 1.67. The molecule has 0 atom stereocenters. The fraction of sp³-hybridized carbons (Fsp3) is 0.400. The summed E-state index contributed by atoms with van der Waals surface area (Å²) in [6.07, 6.45) is 1.11. The van der Waals surface area contributed by atoms with Crippen molar-refractivity contribution >= 4 is 23.0 Å². The number of aromatic amines is 1. The molecule has 1 aromatic heterocycles. The van der Waals surface area contributed by atoms with Crippen molar-refractivity contribution in [1.29, 1.82) is 0 Å². The predicted molar refractivity (Wildman–Crippen MR) is 82.6 cm³/mol. The quantitative estimate of drug-likeness (QED) is 0.707. The van der Waals surface area contributed by atoms with Gasteiger partial charge in [-0.15, -0.1) is 0 Å². The lowest BCUT2D eigenvalue weighted by Crippen LogP contribution is -2.35. The second-order valence-corrected chi connectivity index (χ2v) is 5.31. The number of hydrogen-bond donors (Lipinski definition) is 3. The summed E-state index contributed by atoms with van der Waals surface area (Å²) in [5, 5.41) is 5.31. The minimum atomic E-state index is -0.471. The standard InChI is InChI=1S/C15H20N4O3/c1-10(2)8-22-15(21)17-6-5-16-14(20)11-3-4-12-13(7-11)19-9-18-12/h3-4,7,9-10H,5-6,8H2,1-2H3,(H,16,20)(H,17,21)(H,18,19). The summed E-state index contributed by atoms with van der Waals surface area (Å²) in [5.41, 5.74) is 2.16. The van der Waals surface area contributed by atoms with Gasteiger partial charge in [0, 0.05) is 18.7 Å². The number of carbonyl (C=O) groups is 2. The van der Waals surface area contributed by atoms with E-state index in [2.05, 4.69) is 20.6 Å². The van der Waals surface area contributed by atoms with Gasteiger partial charge in [0.15, 0.2) is 0 Å². The number of fused-ring (bicyclic) bond motifs is 1. The van der Waals surface area contributed by atoms with Crippen LogP contribution in [0.1, 0.15) is 24.2 Å². The molecule has 0 unspecified atom stereocenters. The number of rotatable bonds is 6. The SMILES string of the molecule is CC(C)COC(=O)NCCNC(=O)c1ccc2nc[nH]c2c1. The lowest BCUT2D eigenvalue weighted by atomic mass is 10.2. The van der Waals surface area contributed by atoms with Crippen LogP contribution >= 0.6 is 0 Å². The van der Waals surface area contributed by atoms with Gasteiger partial charge in [0.05, 0.1) is 24.0 Å². The Hall–Kier alpha value is -2.57. The van der Waals surface area contributed by atoms with Gasteiger partial charge in [-0.1, -0.05) is 13.8 Å². The fourth-order valence-electron chi connectivity index (χ4n) is 1.81. The number of carbonyl (C=O) groups excluding carboxylic acids is 2. The van der Waals surface area contributed by atoms with Gasteiger partial charge in [0.1, 0.15) is 0 Å². The molecule has 1 heterocycles. The highest BCUT2D eigenvalue weighted by Gasteiger charge is 2.07. The van der Waals surface area contributed by atoms with Crippen molar-refractivity contribution in [3.63, 3.8) is 0 Å². The van der Waals surface area contributed by atoms with Gasteiger partial charge in [-0.2, -0.15) is 0 Å². The molecule has 0 aliphatic carbocycles. The molecule has 118 valence electrons. The Morgan fingerprint density at radius 2 is 2.05 bits per heavy atom. The topological polar surface area (TPSA) is 96.1 Å². The summed E-state index contributed by atoms with van der Waals surface area (Å²) in [6.45, 7) is 4.95. The van der Waals surface area contributed by atoms with Crippen LogP contribution in [0, 0.1) is 5.92 Å². The molecule has 0 spiro atoms. The van der Waals surface area contributed by atoms with Crippen molar-refractivity contribution in [3.05, 3.63) is 30.1 Å². The third-order valence-electron chi connectivity index (χ3n) is 2.91. The Labute approximate surface area is 128 Å². The first-order valence-electron chi connectivity index (χ1n) is 7.18. The number of ether oxygens (including phenoxy) is 1. The number of nitrogens with one attached hydrogen (secondary N) is 3. The fourth-order valence-corrected chi connectivity index (χ4v) is 1.81. The van der Waals surface area contributed by atoms with Gasteiger partial charge in [-0.3, -0.25) is 4.79 Å². The van der Waals surface area contributed by atoms with Crippen molar-refractivity contribution in [1.82, 2.24) is 20.6 Å². The maximum absolute atomic E-state index is 12.0. The number of H-pyrrole nitrogens is 1. The number of amides is 2. The number of nitrogens with zero attached hydrogens (tertiary/aromatic N) is 1. The summed E-state index contributed by atoms with van der Waals surface area (Å²) in [7, 11) is 0. The highest BCUT2D eigenvalue weighted by atomic mass is 16.5. The van der Waals surface area contributed by atoms with Crippen LogP contribution in [-0.4, -0.2) is 41.7 Å². The molecule has 22 heavy (non-hydrogen) atoms. The summed E-state index contributed by atoms with van der Waals surface area (Å²) in [6, 6.07) is 5.23. The highest BCUT2D eigenvalue weighted by molar-refractivity contribution is 5.97. The molecule has 0 aliphatic heterocycles. The third kappa shape index (κ3) is 4.47. The largest absolute Gasteiger partial charge is 0.449 e. The second kappa shape index (κ2) is 7.44. The van der Waals surface area contributed by atoms with E-state index >= 15 is 0 Å². The minimum Gasteiger partial charge on any atom is -0.449 e. The second-order valence-electron chi connectivity index (χ2n) is 5.31. The molecule has 2 aromatic rings. The summed E-state index contributed by atoms with van der Waals surface area (Å²) < 4.78 is 4.96. The average molecular weight is 304 g/mol. The van der Waals surface area contributed by atoms with E-state index in [0.29, 0.717) is 31.2 Å². The molecule has 7 heteroatoms. The number of aromatic nitrogens is 2. The van der Waals surface area contributed by atoms with Gasteiger partial charge >= 0.3 is 6.09 Å². The molecule has 0 fully saturated rings. The number of benzene rings is 1. The Kier molecular flexibility index (Phi) is 5.35. The molecule has 0 bridgehead atoms. The molecule has 2 rings (SSSR count). The van der Waals surface area contributed by atoms with E-state index in [4.69, 9.17) is 4.74 Å². The zero-order chi connectivity index (χ0) is 15.9. The molecule has 7 nitrogen and oxygen atoms in total. The smallest absolute Gasteiger partial charge is 0.407 e. The zero-order valence-electron chi connectivity index (χ0n) is 12.7. The Balaban J connectivity index is 1.72. The Morgan fingerprint density at radius 3 is 2.82 bits per heavy atom. The Bertz CT molecular complexity index is 651. The molecular weight excluding hydrogens is 284 g/mol. The van der Waals surface area contributed by atoms with Gasteiger partial charge < -0.3 is 20.4 Å². The van der Waals surface area contributed by atoms with Crippen LogP contribution in [-0.2, 0) is 4.74 Å². The van der Waals surface area contributed by atoms with Crippen LogP contribution in [0.5, 0.6) is 0 Å². The van der Waals surface area contributed by atoms with Crippen LogP contribution in [0.25, 0.3) is 11.0 Å². The van der Waals surface area contributed by atoms with Crippen molar-refractivity contribution < 1.29 is 14.3 Å². The molecule has 0 saturated carbocycles. The summed E-state index contributed by atoms with van der Waals surface area (Å²) in [4.78, 5) is 30.4. The first-order valence-corrected chi connectivity index (χ1v) is 7.18. The van der Waals surface area contributed by atoms with E-state index in [1.165, 1.54) is 0 Å². The highest BCUT2D eigenvalue weighted by Crippen LogP contribution is 2.11. The lowest BCUT2D eigenvalue weighted by molar-refractivity contribution is 0.0951. The number of imidazole rings is 1. The van der Waals surface area contributed by atoms with Gasteiger partial charge in [0.2, 0.25) is 0 Å². The molecule has 3 N–H and O–H groups in total. The van der Waals surface area contributed by atoms with Crippen molar-refractivity contribution in [3.8, 4) is 0 Å². The van der Waals surface area contributed by atoms with Crippen molar-refractivity contribution in [2.45, 2.75) is 13.8 Å². The third-order valence-corrected chi connectivity index (χ3v) is 2.91. The van der Waals surface area contributed by atoms with Gasteiger partial charge in [0.25, 0.3) is 5.91 Å². The average Bonchev–Trinajstić information content (AvgIpc) is 2.96. The van der Waals surface area contributed by atoms with E-state index in [1.807, 2.05) is 13.8 Å². The maximum atomic E-state index is 12.0. The maximum Gasteiger partial charge on any atom is 0.407 e. The van der Waals surface area contributed by atoms with Crippen LogP contribution < -0.4 is 10.6 Å². The first-order chi connectivity index (χ1) is 10.6. The van der Waals surface area contributed by atoms with E-state index in [9.17, 15) is 9.59 Å². The Morgan fingerprint density at radius 1 is 1.27 bits per heavy atom. The molecular formula is C15H20N4O3. The molecule has 2 amide bonds. The van der Waals surface area contributed by atoms with Gasteiger partial charge in [-0.25, -0.2) is 9.78 Å². The molecule has 0 radical (unpaired) electrons. The molecule has 1 aromatic carbocycles. The van der Waals surface area contributed by atoms with E-state index in [-0.39, 0.29) is 5.91 Å². The summed E-state index contributed by atoms with van der Waals surface area (Å²) >= 11 is 0. The van der Waals surface area contributed by atoms with E-state index in [0.717, 1.165) is 11.0 Å².